The van der Waals surface area contributed by atoms with Gasteiger partial charge in [0.1, 0.15) is 0 Å². The fourth-order valence-electron chi connectivity index (χ4n) is 1.78. The topological polar surface area (TPSA) is 43.2 Å². The van der Waals surface area contributed by atoms with Crippen LogP contribution in [0.15, 0.2) is 12.1 Å². The summed E-state index contributed by atoms with van der Waals surface area (Å²) in [6.07, 6.45) is 0. The zero-order valence-corrected chi connectivity index (χ0v) is 8.59. The number of urea groups is 1. The lowest BCUT2D eigenvalue weighted by atomic mass is 9.97. The first-order valence-corrected chi connectivity index (χ1v) is 4.75. The van der Waals surface area contributed by atoms with Gasteiger partial charge in [-0.25, -0.2) is 4.79 Å². The van der Waals surface area contributed by atoms with E-state index >= 15 is 0 Å². The first-order chi connectivity index (χ1) is 6.58. The molecule has 1 heterocycles. The molecule has 0 bridgehead atoms. The molecule has 14 heavy (non-hydrogen) atoms. The van der Waals surface area contributed by atoms with Crippen LogP contribution in [0.4, 0.5) is 16.2 Å². The van der Waals surface area contributed by atoms with Crippen molar-refractivity contribution in [1.82, 2.24) is 5.32 Å². The van der Waals surface area contributed by atoms with E-state index in [1.54, 1.807) is 0 Å². The van der Waals surface area contributed by atoms with Gasteiger partial charge in [0, 0.05) is 0 Å². The second-order valence-corrected chi connectivity index (χ2v) is 3.92. The molecule has 73 valence electrons. The third kappa shape index (κ3) is 1.35. The van der Waals surface area contributed by atoms with Crippen molar-refractivity contribution in [3.05, 3.63) is 23.3 Å². The summed E-state index contributed by atoms with van der Waals surface area (Å²) in [5, 5.41) is 6.58. The average molecular weight is 189 g/mol. The van der Waals surface area contributed by atoms with Crippen LogP contribution in [0.3, 0.4) is 0 Å². The summed E-state index contributed by atoms with van der Waals surface area (Å²) >= 11 is 0. The zero-order chi connectivity index (χ0) is 10.3. The summed E-state index contributed by atoms with van der Waals surface area (Å²) in [6, 6.07) is 3.71. The van der Waals surface area contributed by atoms with Crippen LogP contribution in [-0.4, -0.2) is 6.03 Å². The Morgan fingerprint density at radius 3 is 2.71 bits per heavy atom. The van der Waals surface area contributed by atoms with Crippen LogP contribution < -0.4 is 10.6 Å². The van der Waals surface area contributed by atoms with Crippen molar-refractivity contribution in [2.45, 2.75) is 26.7 Å². The SMILES string of the molecule is Cc1cc2c(cc1C(C)C)[N]C(=O)N2. The Morgan fingerprint density at radius 2 is 2.07 bits per heavy atom. The molecule has 0 atom stereocenters. The van der Waals surface area contributed by atoms with Gasteiger partial charge in [-0.2, -0.15) is 5.32 Å². The van der Waals surface area contributed by atoms with Gasteiger partial charge in [-0.05, 0) is 36.1 Å². The number of hydrogen-bond acceptors (Lipinski definition) is 1. The fourth-order valence-corrected chi connectivity index (χ4v) is 1.78. The summed E-state index contributed by atoms with van der Waals surface area (Å²) in [4.78, 5) is 11.0. The molecule has 0 spiro atoms. The molecule has 0 fully saturated rings. The summed E-state index contributed by atoms with van der Waals surface area (Å²) in [7, 11) is 0. The third-order valence-corrected chi connectivity index (χ3v) is 2.47. The molecule has 0 aliphatic carbocycles. The Hall–Kier alpha value is -1.51. The molecule has 0 saturated heterocycles. The number of aryl methyl sites for hydroxylation is 1. The van der Waals surface area contributed by atoms with Crippen molar-refractivity contribution < 1.29 is 4.79 Å². The van der Waals surface area contributed by atoms with Gasteiger partial charge in [-0.1, -0.05) is 13.8 Å². The number of carbonyl (C=O) groups is 1. The first kappa shape index (κ1) is 9.06. The molecular formula is C11H13N2O. The van der Waals surface area contributed by atoms with Crippen molar-refractivity contribution in [3.8, 4) is 0 Å². The highest BCUT2D eigenvalue weighted by molar-refractivity contribution is 6.02. The molecule has 2 amide bonds. The Kier molecular flexibility index (Phi) is 1.95. The Labute approximate surface area is 83.5 Å². The molecule has 0 aromatic heterocycles. The summed E-state index contributed by atoms with van der Waals surface area (Å²) < 4.78 is 0. The molecule has 3 heteroatoms. The number of fused-ring (bicyclic) bond motifs is 1. The monoisotopic (exact) mass is 189 g/mol. The summed E-state index contributed by atoms with van der Waals surface area (Å²) in [5.74, 6) is 0.464. The minimum absolute atomic E-state index is 0.264. The molecule has 0 saturated carbocycles. The van der Waals surface area contributed by atoms with Crippen molar-refractivity contribution in [3.63, 3.8) is 0 Å². The van der Waals surface area contributed by atoms with Crippen LogP contribution in [0, 0.1) is 6.92 Å². The highest BCUT2D eigenvalue weighted by atomic mass is 16.2. The molecule has 1 aliphatic heterocycles. The largest absolute Gasteiger partial charge is 0.346 e. The lowest BCUT2D eigenvalue weighted by Gasteiger charge is -2.10. The number of hydrogen-bond donors (Lipinski definition) is 1. The summed E-state index contributed by atoms with van der Waals surface area (Å²) in [6.45, 7) is 6.33. The van der Waals surface area contributed by atoms with Gasteiger partial charge >= 0.3 is 6.03 Å². The molecule has 2 rings (SSSR count). The number of carbonyl (C=O) groups excluding carboxylic acids is 1. The average Bonchev–Trinajstić information content (AvgIpc) is 2.42. The van der Waals surface area contributed by atoms with E-state index in [0.717, 1.165) is 11.4 Å². The molecule has 1 aliphatic rings. The molecule has 1 N–H and O–H groups in total. The van der Waals surface area contributed by atoms with Crippen LogP contribution in [0.5, 0.6) is 0 Å². The van der Waals surface area contributed by atoms with Gasteiger partial charge in [-0.15, -0.1) is 0 Å². The van der Waals surface area contributed by atoms with Gasteiger partial charge in [0.2, 0.25) is 0 Å². The van der Waals surface area contributed by atoms with Gasteiger partial charge in [0.15, 0.2) is 0 Å². The van der Waals surface area contributed by atoms with Gasteiger partial charge in [-0.3, -0.25) is 0 Å². The minimum atomic E-state index is -0.264. The highest BCUT2D eigenvalue weighted by Crippen LogP contribution is 2.33. The highest BCUT2D eigenvalue weighted by Gasteiger charge is 2.20. The quantitative estimate of drug-likeness (QED) is 0.725. The van der Waals surface area contributed by atoms with Gasteiger partial charge in [0.05, 0.1) is 11.4 Å². The smallest absolute Gasteiger partial charge is 0.304 e. The van der Waals surface area contributed by atoms with Crippen LogP contribution >= 0.6 is 0 Å². The molecule has 1 aromatic rings. The second kappa shape index (κ2) is 3.01. The van der Waals surface area contributed by atoms with Crippen molar-refractivity contribution in [1.29, 1.82) is 0 Å². The van der Waals surface area contributed by atoms with E-state index in [4.69, 9.17) is 0 Å². The van der Waals surface area contributed by atoms with Crippen LogP contribution in [0.2, 0.25) is 0 Å². The van der Waals surface area contributed by atoms with Crippen molar-refractivity contribution >= 4 is 17.4 Å². The number of amides is 2. The molecular weight excluding hydrogens is 176 g/mol. The van der Waals surface area contributed by atoms with E-state index in [1.165, 1.54) is 11.1 Å². The van der Waals surface area contributed by atoms with E-state index in [9.17, 15) is 4.79 Å². The zero-order valence-electron chi connectivity index (χ0n) is 8.59. The maximum absolute atomic E-state index is 11.0. The first-order valence-electron chi connectivity index (χ1n) is 4.75. The Bertz CT molecular complexity index is 397. The number of nitrogens with zero attached hydrogens (tertiary/aromatic N) is 1. The Morgan fingerprint density at radius 1 is 1.36 bits per heavy atom. The van der Waals surface area contributed by atoms with Crippen LogP contribution in [0.1, 0.15) is 30.9 Å². The maximum Gasteiger partial charge on any atom is 0.346 e. The number of nitrogens with one attached hydrogen (secondary N) is 1. The second-order valence-electron chi connectivity index (χ2n) is 3.92. The normalized spacial score (nSPS) is 13.9. The third-order valence-electron chi connectivity index (χ3n) is 2.47. The predicted octanol–water partition coefficient (Wildman–Crippen LogP) is 2.90. The molecule has 1 aromatic carbocycles. The van der Waals surface area contributed by atoms with Crippen LogP contribution in [-0.2, 0) is 0 Å². The lowest BCUT2D eigenvalue weighted by molar-refractivity contribution is 0.256. The van der Waals surface area contributed by atoms with Crippen molar-refractivity contribution in [2.75, 3.05) is 5.32 Å². The van der Waals surface area contributed by atoms with E-state index in [2.05, 4.69) is 31.4 Å². The lowest BCUT2D eigenvalue weighted by Crippen LogP contribution is -2.08. The maximum atomic E-state index is 11.0. The summed E-state index contributed by atoms with van der Waals surface area (Å²) in [5.41, 5.74) is 4.06. The standard InChI is InChI=1S/C11H13N2O/c1-6(2)8-5-10-9(4-7(8)3)12-11(14)13-10/h4-6H,1-3H3,(H,12,14). The van der Waals surface area contributed by atoms with E-state index in [-0.39, 0.29) is 6.03 Å². The molecule has 1 radical (unpaired) electrons. The van der Waals surface area contributed by atoms with Crippen molar-refractivity contribution in [2.24, 2.45) is 0 Å². The predicted molar refractivity (Wildman–Crippen MR) is 56.1 cm³/mol. The van der Waals surface area contributed by atoms with E-state index in [0.29, 0.717) is 5.92 Å². The van der Waals surface area contributed by atoms with Gasteiger partial charge < -0.3 is 5.32 Å². The number of benzene rings is 1. The van der Waals surface area contributed by atoms with E-state index < -0.39 is 0 Å². The van der Waals surface area contributed by atoms with Gasteiger partial charge in [0.25, 0.3) is 0 Å². The number of anilines is 1. The molecule has 0 unspecified atom stereocenters. The fraction of sp³-hybridized carbons (Fsp3) is 0.364. The Balaban J connectivity index is 2.50. The molecule has 3 nitrogen and oxygen atoms in total. The number of rotatable bonds is 1. The van der Waals surface area contributed by atoms with E-state index in [1.807, 2.05) is 12.1 Å². The van der Waals surface area contributed by atoms with Crippen LogP contribution in [0.25, 0.3) is 0 Å². The minimum Gasteiger partial charge on any atom is -0.304 e.